The third kappa shape index (κ3) is 3.00. The van der Waals surface area contributed by atoms with Crippen LogP contribution in [0.3, 0.4) is 0 Å². The molecule has 0 aliphatic rings. The molecule has 0 fully saturated rings. The molecule has 0 bridgehead atoms. The molecule has 1 aromatic heterocycles. The number of aromatic nitrogens is 1. The molecular formula is C13H13ClFNOS. The lowest BCUT2D eigenvalue weighted by molar-refractivity contribution is 0.226. The second-order valence-corrected chi connectivity index (χ2v) is 5.14. The molecule has 5 heteroatoms. The van der Waals surface area contributed by atoms with Crippen molar-refractivity contribution in [2.45, 2.75) is 25.8 Å². The lowest BCUT2D eigenvalue weighted by Gasteiger charge is -2.12. The number of alkyl halides is 1. The van der Waals surface area contributed by atoms with E-state index in [9.17, 15) is 4.39 Å². The summed E-state index contributed by atoms with van der Waals surface area (Å²) in [5, 5.41) is 2.78. The summed E-state index contributed by atoms with van der Waals surface area (Å²) in [4.78, 5) is 4.35. The molecule has 0 saturated carbocycles. The molecule has 0 amide bonds. The highest BCUT2D eigenvalue weighted by Gasteiger charge is 2.12. The maximum absolute atomic E-state index is 13.1. The van der Waals surface area contributed by atoms with E-state index in [0.717, 1.165) is 10.7 Å². The van der Waals surface area contributed by atoms with Gasteiger partial charge < -0.3 is 4.74 Å². The van der Waals surface area contributed by atoms with E-state index in [-0.39, 0.29) is 11.9 Å². The minimum Gasteiger partial charge on any atom is -0.484 e. The van der Waals surface area contributed by atoms with Crippen molar-refractivity contribution in [3.63, 3.8) is 0 Å². The number of aryl methyl sites for hydroxylation is 1. The topological polar surface area (TPSA) is 22.1 Å². The van der Waals surface area contributed by atoms with Crippen LogP contribution in [0.25, 0.3) is 0 Å². The van der Waals surface area contributed by atoms with Crippen molar-refractivity contribution in [3.05, 3.63) is 45.7 Å². The fourth-order valence-electron chi connectivity index (χ4n) is 1.52. The minimum atomic E-state index is -0.228. The second kappa shape index (κ2) is 5.67. The van der Waals surface area contributed by atoms with Gasteiger partial charge in [-0.1, -0.05) is 0 Å². The molecule has 2 nitrogen and oxygen atoms in total. The Morgan fingerprint density at radius 3 is 2.89 bits per heavy atom. The molecule has 2 aromatic rings. The summed E-state index contributed by atoms with van der Waals surface area (Å²) >= 11 is 7.22. The van der Waals surface area contributed by atoms with E-state index in [1.54, 1.807) is 19.1 Å². The average molecular weight is 286 g/mol. The zero-order valence-electron chi connectivity index (χ0n) is 10.1. The molecule has 1 heterocycles. The predicted octanol–water partition coefficient (Wildman–Crippen LogP) is 4.47. The van der Waals surface area contributed by atoms with E-state index in [1.807, 2.05) is 12.3 Å². The molecule has 0 spiro atoms. The quantitative estimate of drug-likeness (QED) is 0.773. The molecule has 2 rings (SSSR count). The SMILES string of the molecule is Cc1cc(OC(C)c2nc(CCl)cs2)ccc1F. The molecule has 0 saturated heterocycles. The van der Waals surface area contributed by atoms with Crippen molar-refractivity contribution >= 4 is 22.9 Å². The van der Waals surface area contributed by atoms with Gasteiger partial charge in [0.1, 0.15) is 22.7 Å². The van der Waals surface area contributed by atoms with Crippen LogP contribution in [-0.2, 0) is 5.88 Å². The van der Waals surface area contributed by atoms with Crippen LogP contribution in [0.5, 0.6) is 5.75 Å². The number of halogens is 2. The Morgan fingerprint density at radius 2 is 2.28 bits per heavy atom. The number of nitrogens with zero attached hydrogens (tertiary/aromatic N) is 1. The van der Waals surface area contributed by atoms with Crippen molar-refractivity contribution in [1.29, 1.82) is 0 Å². The summed E-state index contributed by atoms with van der Waals surface area (Å²) in [7, 11) is 0. The molecule has 0 aliphatic carbocycles. The summed E-state index contributed by atoms with van der Waals surface area (Å²) in [6, 6.07) is 4.71. The molecule has 1 aromatic carbocycles. The Labute approximate surface area is 114 Å². The Kier molecular flexibility index (Phi) is 4.19. The number of hydrogen-bond acceptors (Lipinski definition) is 3. The highest BCUT2D eigenvalue weighted by Crippen LogP contribution is 2.26. The van der Waals surface area contributed by atoms with E-state index >= 15 is 0 Å². The molecular weight excluding hydrogens is 273 g/mol. The molecule has 0 aliphatic heterocycles. The van der Waals surface area contributed by atoms with Gasteiger partial charge in [0.05, 0.1) is 11.6 Å². The normalized spacial score (nSPS) is 12.4. The van der Waals surface area contributed by atoms with Crippen molar-refractivity contribution in [2.24, 2.45) is 0 Å². The first-order chi connectivity index (χ1) is 8.60. The summed E-state index contributed by atoms with van der Waals surface area (Å²) in [6.07, 6.45) is -0.170. The maximum Gasteiger partial charge on any atom is 0.147 e. The van der Waals surface area contributed by atoms with Crippen molar-refractivity contribution < 1.29 is 9.13 Å². The van der Waals surface area contributed by atoms with Gasteiger partial charge in [-0.3, -0.25) is 0 Å². The number of benzene rings is 1. The van der Waals surface area contributed by atoms with E-state index in [0.29, 0.717) is 17.2 Å². The van der Waals surface area contributed by atoms with Crippen LogP contribution in [0.2, 0.25) is 0 Å². The van der Waals surface area contributed by atoms with E-state index in [4.69, 9.17) is 16.3 Å². The third-order valence-corrected chi connectivity index (χ3v) is 3.82. The minimum absolute atomic E-state index is 0.170. The van der Waals surface area contributed by atoms with Gasteiger partial charge in [0, 0.05) is 5.38 Å². The zero-order valence-corrected chi connectivity index (χ0v) is 11.7. The van der Waals surface area contributed by atoms with Crippen molar-refractivity contribution in [1.82, 2.24) is 4.98 Å². The van der Waals surface area contributed by atoms with Gasteiger partial charge >= 0.3 is 0 Å². The number of ether oxygens (including phenoxy) is 1. The van der Waals surface area contributed by atoms with Crippen LogP contribution in [0.1, 0.15) is 29.3 Å². The van der Waals surface area contributed by atoms with Gasteiger partial charge in [-0.05, 0) is 37.6 Å². The Morgan fingerprint density at radius 1 is 1.50 bits per heavy atom. The molecule has 0 N–H and O–H groups in total. The van der Waals surface area contributed by atoms with Crippen molar-refractivity contribution in [3.8, 4) is 5.75 Å². The van der Waals surface area contributed by atoms with Crippen LogP contribution < -0.4 is 4.74 Å². The van der Waals surface area contributed by atoms with Crippen LogP contribution in [-0.4, -0.2) is 4.98 Å². The molecule has 1 unspecified atom stereocenters. The van der Waals surface area contributed by atoms with Crippen LogP contribution in [0, 0.1) is 12.7 Å². The second-order valence-electron chi connectivity index (χ2n) is 3.98. The van der Waals surface area contributed by atoms with Gasteiger partial charge in [0.15, 0.2) is 0 Å². The first-order valence-corrected chi connectivity index (χ1v) is 6.94. The summed E-state index contributed by atoms with van der Waals surface area (Å²) < 4.78 is 18.9. The Balaban J connectivity index is 2.10. The van der Waals surface area contributed by atoms with Gasteiger partial charge in [-0.15, -0.1) is 22.9 Å². The van der Waals surface area contributed by atoms with Gasteiger partial charge in [0.2, 0.25) is 0 Å². The lowest BCUT2D eigenvalue weighted by atomic mass is 10.2. The molecule has 1 atom stereocenters. The maximum atomic E-state index is 13.1. The number of rotatable bonds is 4. The summed E-state index contributed by atoms with van der Waals surface area (Å²) in [6.45, 7) is 3.62. The molecule has 0 radical (unpaired) electrons. The fraction of sp³-hybridized carbons (Fsp3) is 0.308. The Hall–Kier alpha value is -1.13. The van der Waals surface area contributed by atoms with E-state index in [2.05, 4.69) is 4.98 Å². The molecule has 18 heavy (non-hydrogen) atoms. The fourth-order valence-corrected chi connectivity index (χ4v) is 2.55. The summed E-state index contributed by atoms with van der Waals surface area (Å²) in [5.74, 6) is 0.816. The highest BCUT2D eigenvalue weighted by atomic mass is 35.5. The molecule has 96 valence electrons. The monoisotopic (exact) mass is 285 g/mol. The predicted molar refractivity (Wildman–Crippen MR) is 71.9 cm³/mol. The smallest absolute Gasteiger partial charge is 0.147 e. The van der Waals surface area contributed by atoms with E-state index in [1.165, 1.54) is 17.4 Å². The van der Waals surface area contributed by atoms with Crippen LogP contribution in [0.15, 0.2) is 23.6 Å². The first-order valence-electron chi connectivity index (χ1n) is 5.53. The summed E-state index contributed by atoms with van der Waals surface area (Å²) in [5.41, 5.74) is 1.42. The van der Waals surface area contributed by atoms with Crippen molar-refractivity contribution in [2.75, 3.05) is 0 Å². The van der Waals surface area contributed by atoms with Gasteiger partial charge in [0.25, 0.3) is 0 Å². The van der Waals surface area contributed by atoms with Crippen LogP contribution in [0.4, 0.5) is 4.39 Å². The standard InChI is InChI=1S/C13H13ClFNOS/c1-8-5-11(3-4-12(8)15)17-9(2)13-16-10(6-14)7-18-13/h3-5,7,9H,6H2,1-2H3. The van der Waals surface area contributed by atoms with Gasteiger partial charge in [-0.25, -0.2) is 9.37 Å². The number of hydrogen-bond donors (Lipinski definition) is 0. The largest absolute Gasteiger partial charge is 0.484 e. The first kappa shape index (κ1) is 13.3. The lowest BCUT2D eigenvalue weighted by Crippen LogP contribution is -2.03. The highest BCUT2D eigenvalue weighted by molar-refractivity contribution is 7.09. The third-order valence-electron chi connectivity index (χ3n) is 2.50. The van der Waals surface area contributed by atoms with Crippen LogP contribution >= 0.6 is 22.9 Å². The number of thiazole rings is 1. The Bertz CT molecular complexity index is 544. The average Bonchev–Trinajstić information content (AvgIpc) is 2.82. The zero-order chi connectivity index (χ0) is 13.1. The van der Waals surface area contributed by atoms with E-state index < -0.39 is 0 Å². The van der Waals surface area contributed by atoms with Gasteiger partial charge in [-0.2, -0.15) is 0 Å².